The van der Waals surface area contributed by atoms with Crippen molar-refractivity contribution in [2.24, 2.45) is 0 Å². The van der Waals surface area contributed by atoms with Crippen molar-refractivity contribution in [2.75, 3.05) is 18.0 Å². The number of aromatic nitrogens is 1. The molecule has 1 aromatic heterocycles. The standard InChI is InChI=1S/C32H29N3O3/c36-30(37)21-25-9-6-18-33-28(25)22-34-19-16-32(17-20-34)27-10-4-5-11-29(27)35(31(32)38)26-14-12-24(13-15-26)23-7-2-1-3-8-23/h1-15,18H,16-17,19-22H2,(H,36,37). The molecule has 38 heavy (non-hydrogen) atoms. The Morgan fingerprint density at radius 3 is 2.26 bits per heavy atom. The van der Waals surface area contributed by atoms with E-state index in [4.69, 9.17) is 0 Å². The van der Waals surface area contributed by atoms with Crippen LogP contribution in [0, 0.1) is 0 Å². The van der Waals surface area contributed by atoms with Crippen LogP contribution in [-0.2, 0) is 28.0 Å². The van der Waals surface area contributed by atoms with Gasteiger partial charge in [0.05, 0.1) is 23.2 Å². The SMILES string of the molecule is O=C(O)Cc1cccnc1CN1CCC2(CC1)C(=O)N(c1ccc(-c3ccccc3)cc1)c1ccccc12. The number of aliphatic carboxylic acids is 1. The predicted molar refractivity (Wildman–Crippen MR) is 147 cm³/mol. The Bertz CT molecular complexity index is 1480. The molecular formula is C32H29N3O3. The Kier molecular flexibility index (Phi) is 6.26. The molecule has 2 aliphatic heterocycles. The fourth-order valence-corrected chi connectivity index (χ4v) is 5.93. The number of nitrogens with zero attached hydrogens (tertiary/aromatic N) is 3. The van der Waals surface area contributed by atoms with E-state index in [1.165, 1.54) is 0 Å². The van der Waals surface area contributed by atoms with Gasteiger partial charge in [-0.3, -0.25) is 24.4 Å². The number of amides is 1. The lowest BCUT2D eigenvalue weighted by atomic mass is 9.73. The quantitative estimate of drug-likeness (QED) is 0.371. The molecule has 0 unspecified atom stereocenters. The number of anilines is 2. The maximum Gasteiger partial charge on any atom is 0.307 e. The van der Waals surface area contributed by atoms with Crippen LogP contribution in [0.2, 0.25) is 0 Å². The fourth-order valence-electron chi connectivity index (χ4n) is 5.93. The van der Waals surface area contributed by atoms with Gasteiger partial charge in [0.2, 0.25) is 5.91 Å². The lowest BCUT2D eigenvalue weighted by molar-refractivity contribution is -0.136. The summed E-state index contributed by atoms with van der Waals surface area (Å²) in [6.45, 7) is 2.06. The first-order valence-corrected chi connectivity index (χ1v) is 13.0. The van der Waals surface area contributed by atoms with Crippen molar-refractivity contribution >= 4 is 23.3 Å². The summed E-state index contributed by atoms with van der Waals surface area (Å²) >= 11 is 0. The highest BCUT2D eigenvalue weighted by molar-refractivity contribution is 6.13. The Hall–Kier alpha value is -4.29. The number of benzene rings is 3. The van der Waals surface area contributed by atoms with Crippen LogP contribution in [0.4, 0.5) is 11.4 Å². The number of likely N-dealkylation sites (tertiary alicyclic amines) is 1. The van der Waals surface area contributed by atoms with Crippen LogP contribution in [0.25, 0.3) is 11.1 Å². The van der Waals surface area contributed by atoms with Crippen molar-refractivity contribution in [1.82, 2.24) is 9.88 Å². The van der Waals surface area contributed by atoms with Crippen LogP contribution in [0.3, 0.4) is 0 Å². The number of carbonyl (C=O) groups excluding carboxylic acids is 1. The van der Waals surface area contributed by atoms with E-state index in [2.05, 4.69) is 40.2 Å². The summed E-state index contributed by atoms with van der Waals surface area (Å²) in [5, 5.41) is 9.27. The molecule has 0 atom stereocenters. The highest BCUT2D eigenvalue weighted by atomic mass is 16.4. The molecule has 1 N–H and O–H groups in total. The number of fused-ring (bicyclic) bond motifs is 2. The molecule has 4 aromatic rings. The third-order valence-corrected chi connectivity index (χ3v) is 7.91. The third-order valence-electron chi connectivity index (χ3n) is 7.91. The van der Waals surface area contributed by atoms with Crippen molar-refractivity contribution in [3.8, 4) is 11.1 Å². The van der Waals surface area contributed by atoms with E-state index in [9.17, 15) is 14.7 Å². The first kappa shape index (κ1) is 24.1. The number of carboxylic acid groups (broad SMARTS) is 1. The van der Waals surface area contributed by atoms with Gasteiger partial charge in [-0.15, -0.1) is 0 Å². The van der Waals surface area contributed by atoms with Gasteiger partial charge in [0.1, 0.15) is 0 Å². The Labute approximate surface area is 222 Å². The molecule has 190 valence electrons. The fraction of sp³-hybridized carbons (Fsp3) is 0.219. The average Bonchev–Trinajstić information content (AvgIpc) is 3.18. The summed E-state index contributed by atoms with van der Waals surface area (Å²) in [7, 11) is 0. The number of carboxylic acids is 1. The zero-order valence-corrected chi connectivity index (χ0v) is 21.1. The highest BCUT2D eigenvalue weighted by Crippen LogP contribution is 2.50. The van der Waals surface area contributed by atoms with E-state index in [1.807, 2.05) is 59.5 Å². The molecule has 0 radical (unpaired) electrons. The first-order chi connectivity index (χ1) is 18.5. The molecule has 3 aromatic carbocycles. The number of rotatable bonds is 6. The van der Waals surface area contributed by atoms with Gasteiger partial charge in [0, 0.05) is 18.4 Å². The monoisotopic (exact) mass is 503 g/mol. The maximum absolute atomic E-state index is 14.2. The summed E-state index contributed by atoms with van der Waals surface area (Å²) in [6, 6.07) is 30.3. The summed E-state index contributed by atoms with van der Waals surface area (Å²) in [6.07, 6.45) is 3.10. The molecule has 6 heteroatoms. The molecule has 6 rings (SSSR count). The molecule has 3 heterocycles. The van der Waals surface area contributed by atoms with Crippen molar-refractivity contribution in [1.29, 1.82) is 0 Å². The number of carbonyl (C=O) groups is 2. The number of pyridine rings is 1. The van der Waals surface area contributed by atoms with Crippen LogP contribution in [-0.4, -0.2) is 40.0 Å². The van der Waals surface area contributed by atoms with Gasteiger partial charge in [0.15, 0.2) is 0 Å². The van der Waals surface area contributed by atoms with Gasteiger partial charge < -0.3 is 5.11 Å². The third kappa shape index (κ3) is 4.27. The van der Waals surface area contributed by atoms with E-state index < -0.39 is 11.4 Å². The molecule has 1 fully saturated rings. The van der Waals surface area contributed by atoms with Gasteiger partial charge in [-0.25, -0.2) is 0 Å². The lowest BCUT2D eigenvalue weighted by Crippen LogP contribution is -2.47. The van der Waals surface area contributed by atoms with Crippen LogP contribution in [0.5, 0.6) is 0 Å². The number of piperidine rings is 1. The van der Waals surface area contributed by atoms with Crippen LogP contribution >= 0.6 is 0 Å². The number of para-hydroxylation sites is 1. The molecule has 0 saturated carbocycles. The van der Waals surface area contributed by atoms with Crippen molar-refractivity contribution in [3.63, 3.8) is 0 Å². The Morgan fingerprint density at radius 1 is 0.842 bits per heavy atom. The van der Waals surface area contributed by atoms with Crippen LogP contribution < -0.4 is 4.90 Å². The highest BCUT2D eigenvalue weighted by Gasteiger charge is 2.52. The second kappa shape index (κ2) is 9.88. The molecule has 0 bridgehead atoms. The topological polar surface area (TPSA) is 73.7 Å². The average molecular weight is 504 g/mol. The molecule has 6 nitrogen and oxygen atoms in total. The van der Waals surface area contributed by atoms with Crippen molar-refractivity contribution < 1.29 is 14.7 Å². The normalized spacial score (nSPS) is 16.5. The van der Waals surface area contributed by atoms with E-state index in [-0.39, 0.29) is 12.3 Å². The van der Waals surface area contributed by atoms with Crippen LogP contribution in [0.15, 0.2) is 97.2 Å². The van der Waals surface area contributed by atoms with Gasteiger partial charge in [0.25, 0.3) is 0 Å². The predicted octanol–water partition coefficient (Wildman–Crippen LogP) is 5.59. The smallest absolute Gasteiger partial charge is 0.307 e. The van der Waals surface area contributed by atoms with Crippen molar-refractivity contribution in [2.45, 2.75) is 31.2 Å². The van der Waals surface area contributed by atoms with Crippen LogP contribution in [0.1, 0.15) is 29.7 Å². The van der Waals surface area contributed by atoms with Crippen molar-refractivity contribution in [3.05, 3.63) is 114 Å². The van der Waals surface area contributed by atoms with E-state index in [0.29, 0.717) is 19.4 Å². The first-order valence-electron chi connectivity index (χ1n) is 13.0. The summed E-state index contributed by atoms with van der Waals surface area (Å²) < 4.78 is 0. The zero-order chi connectivity index (χ0) is 26.1. The lowest BCUT2D eigenvalue weighted by Gasteiger charge is -2.38. The summed E-state index contributed by atoms with van der Waals surface area (Å²) in [5.41, 5.74) is 6.20. The van der Waals surface area contributed by atoms with Gasteiger partial charge in [-0.2, -0.15) is 0 Å². The zero-order valence-electron chi connectivity index (χ0n) is 21.1. The minimum atomic E-state index is -0.859. The van der Waals surface area contributed by atoms with Gasteiger partial charge in [-0.1, -0.05) is 66.7 Å². The van der Waals surface area contributed by atoms with Gasteiger partial charge in [-0.05, 0) is 72.5 Å². The molecule has 1 saturated heterocycles. The Morgan fingerprint density at radius 2 is 1.53 bits per heavy atom. The molecule has 1 spiro atoms. The molecule has 1 amide bonds. The number of hydrogen-bond donors (Lipinski definition) is 1. The maximum atomic E-state index is 14.2. The second-order valence-electron chi connectivity index (χ2n) is 10.1. The Balaban J connectivity index is 1.24. The minimum absolute atomic E-state index is 0.0369. The number of hydrogen-bond acceptors (Lipinski definition) is 4. The second-order valence-corrected chi connectivity index (χ2v) is 10.1. The van der Waals surface area contributed by atoms with Gasteiger partial charge >= 0.3 is 5.97 Å². The largest absolute Gasteiger partial charge is 0.481 e. The van der Waals surface area contributed by atoms with E-state index in [1.54, 1.807) is 12.3 Å². The molecule has 0 aliphatic carbocycles. The summed E-state index contributed by atoms with van der Waals surface area (Å²) in [5.74, 6) is -0.725. The summed E-state index contributed by atoms with van der Waals surface area (Å²) in [4.78, 5) is 34.1. The van der Waals surface area contributed by atoms with E-state index in [0.717, 1.165) is 52.4 Å². The minimum Gasteiger partial charge on any atom is -0.481 e. The molecule has 2 aliphatic rings. The van der Waals surface area contributed by atoms with E-state index >= 15 is 0 Å². The molecular weight excluding hydrogens is 474 g/mol.